The molecule has 0 amide bonds. The van der Waals surface area contributed by atoms with Crippen molar-refractivity contribution >= 4 is 15.8 Å². The van der Waals surface area contributed by atoms with Gasteiger partial charge < -0.3 is 10.5 Å². The van der Waals surface area contributed by atoms with Crippen molar-refractivity contribution < 1.29 is 13.2 Å². The number of aryl methyl sites for hydroxylation is 1. The second kappa shape index (κ2) is 5.70. The molecule has 3 N–H and O–H groups in total. The Morgan fingerprint density at radius 2 is 2.14 bits per heavy atom. The molecule has 2 heterocycles. The van der Waals surface area contributed by atoms with E-state index in [1.807, 2.05) is 0 Å². The lowest BCUT2D eigenvalue weighted by atomic mass is 10.3. The number of nitrogens with one attached hydrogen (secondary N) is 1. The van der Waals surface area contributed by atoms with E-state index in [2.05, 4.69) is 14.8 Å². The highest BCUT2D eigenvalue weighted by atomic mass is 32.2. The highest BCUT2D eigenvalue weighted by molar-refractivity contribution is 7.89. The Morgan fingerprint density at radius 1 is 1.43 bits per heavy atom. The van der Waals surface area contributed by atoms with E-state index < -0.39 is 10.0 Å². The van der Waals surface area contributed by atoms with Crippen LogP contribution in [-0.4, -0.2) is 30.3 Å². The Kier molecular flexibility index (Phi) is 4.14. The summed E-state index contributed by atoms with van der Waals surface area (Å²) in [5, 5.41) is 3.90. The smallest absolute Gasteiger partial charge is 0.246 e. The van der Waals surface area contributed by atoms with Crippen LogP contribution in [0.1, 0.15) is 11.3 Å². The van der Waals surface area contributed by atoms with Gasteiger partial charge in [-0.05, 0) is 12.5 Å². The van der Waals surface area contributed by atoms with Crippen molar-refractivity contribution in [1.82, 2.24) is 19.5 Å². The summed E-state index contributed by atoms with van der Waals surface area (Å²) in [4.78, 5) is 4.02. The molecule has 0 aliphatic heterocycles. The van der Waals surface area contributed by atoms with Crippen LogP contribution in [0, 0.1) is 6.92 Å². The number of hydrogen-bond acceptors (Lipinski definition) is 6. The molecule has 0 aliphatic carbocycles. The highest BCUT2D eigenvalue weighted by Gasteiger charge is 2.24. The molecule has 114 valence electrons. The first-order chi connectivity index (χ1) is 9.85. The van der Waals surface area contributed by atoms with Crippen LogP contribution in [0.5, 0.6) is 5.88 Å². The molecule has 0 aliphatic rings. The molecule has 0 spiro atoms. The first-order valence-corrected chi connectivity index (χ1v) is 7.61. The zero-order valence-electron chi connectivity index (χ0n) is 12.0. The molecule has 0 saturated heterocycles. The number of rotatable bonds is 5. The summed E-state index contributed by atoms with van der Waals surface area (Å²) in [5.74, 6) is 0.448. The minimum absolute atomic E-state index is 0.00599. The fourth-order valence-corrected chi connectivity index (χ4v) is 3.17. The number of nitrogen functional groups attached to an aromatic ring is 1. The maximum Gasteiger partial charge on any atom is 0.246 e. The summed E-state index contributed by atoms with van der Waals surface area (Å²) in [6.07, 6.45) is 1.54. The van der Waals surface area contributed by atoms with Crippen molar-refractivity contribution in [2.45, 2.75) is 18.4 Å². The molecule has 0 aromatic carbocycles. The molecule has 9 heteroatoms. The van der Waals surface area contributed by atoms with Gasteiger partial charge in [0, 0.05) is 25.9 Å². The van der Waals surface area contributed by atoms with E-state index in [9.17, 15) is 8.42 Å². The van der Waals surface area contributed by atoms with Crippen LogP contribution in [0.15, 0.2) is 23.2 Å². The predicted molar refractivity (Wildman–Crippen MR) is 77.2 cm³/mol. The average molecular weight is 311 g/mol. The van der Waals surface area contributed by atoms with Crippen molar-refractivity contribution in [3.05, 3.63) is 29.6 Å². The zero-order chi connectivity index (χ0) is 15.6. The summed E-state index contributed by atoms with van der Waals surface area (Å²) in [6, 6.07) is 3.39. The highest BCUT2D eigenvalue weighted by Crippen LogP contribution is 2.21. The first-order valence-electron chi connectivity index (χ1n) is 6.13. The molecule has 2 aromatic rings. The molecule has 0 saturated carbocycles. The molecule has 2 aromatic heterocycles. The third-order valence-corrected chi connectivity index (χ3v) is 4.61. The van der Waals surface area contributed by atoms with Crippen LogP contribution in [0.2, 0.25) is 0 Å². The van der Waals surface area contributed by atoms with Crippen molar-refractivity contribution in [2.75, 3.05) is 12.8 Å². The fourth-order valence-electron chi connectivity index (χ4n) is 1.83. The van der Waals surface area contributed by atoms with Gasteiger partial charge in [0.1, 0.15) is 4.90 Å². The molecule has 0 radical (unpaired) electrons. The number of nitrogens with zero attached hydrogens (tertiary/aromatic N) is 3. The second-order valence-corrected chi connectivity index (χ2v) is 6.16. The summed E-state index contributed by atoms with van der Waals surface area (Å²) in [5.41, 5.74) is 6.84. The molecule has 0 unspecified atom stereocenters. The van der Waals surface area contributed by atoms with Gasteiger partial charge in [-0.2, -0.15) is 5.10 Å². The molecule has 8 nitrogen and oxygen atoms in total. The quantitative estimate of drug-likeness (QED) is 0.815. The normalized spacial score (nSPS) is 11.6. The van der Waals surface area contributed by atoms with E-state index in [-0.39, 0.29) is 17.3 Å². The Balaban J connectivity index is 2.17. The van der Waals surface area contributed by atoms with Gasteiger partial charge in [0.05, 0.1) is 12.8 Å². The second-order valence-electron chi connectivity index (χ2n) is 4.46. The van der Waals surface area contributed by atoms with E-state index in [0.29, 0.717) is 17.1 Å². The van der Waals surface area contributed by atoms with Crippen LogP contribution in [0.25, 0.3) is 0 Å². The van der Waals surface area contributed by atoms with E-state index in [0.717, 1.165) is 0 Å². The monoisotopic (exact) mass is 311 g/mol. The van der Waals surface area contributed by atoms with Crippen LogP contribution < -0.4 is 15.2 Å². The molecule has 0 bridgehead atoms. The summed E-state index contributed by atoms with van der Waals surface area (Å²) >= 11 is 0. The number of methoxy groups -OCH3 is 1. The number of ether oxygens (including phenoxy) is 1. The number of aromatic nitrogens is 3. The van der Waals surface area contributed by atoms with E-state index in [1.165, 1.54) is 11.8 Å². The maximum absolute atomic E-state index is 12.3. The number of hydrogen-bond donors (Lipinski definition) is 2. The van der Waals surface area contributed by atoms with Gasteiger partial charge in [-0.3, -0.25) is 4.68 Å². The van der Waals surface area contributed by atoms with Crippen molar-refractivity contribution in [3.63, 3.8) is 0 Å². The molecular formula is C12H17N5O3S. The van der Waals surface area contributed by atoms with E-state index in [1.54, 1.807) is 32.3 Å². The van der Waals surface area contributed by atoms with Gasteiger partial charge in [0.25, 0.3) is 0 Å². The molecule has 21 heavy (non-hydrogen) atoms. The minimum Gasteiger partial charge on any atom is -0.481 e. The van der Waals surface area contributed by atoms with E-state index in [4.69, 9.17) is 10.5 Å². The van der Waals surface area contributed by atoms with Crippen LogP contribution in [0.4, 0.5) is 5.82 Å². The third-order valence-electron chi connectivity index (χ3n) is 3.05. The molecule has 2 rings (SSSR count). The number of pyridine rings is 1. The van der Waals surface area contributed by atoms with Gasteiger partial charge in [-0.15, -0.1) is 0 Å². The summed E-state index contributed by atoms with van der Waals surface area (Å²) < 4.78 is 33.4. The van der Waals surface area contributed by atoms with Crippen molar-refractivity contribution in [1.29, 1.82) is 0 Å². The third kappa shape index (κ3) is 3.14. The van der Waals surface area contributed by atoms with Gasteiger partial charge in [0.2, 0.25) is 15.9 Å². The first kappa shape index (κ1) is 15.3. The molecule has 0 fully saturated rings. The Bertz CT molecular complexity index is 737. The fraction of sp³-hybridized carbons (Fsp3) is 0.333. The zero-order valence-corrected chi connectivity index (χ0v) is 12.8. The lowest BCUT2D eigenvalue weighted by molar-refractivity contribution is 0.397. The van der Waals surface area contributed by atoms with Crippen LogP contribution in [0.3, 0.4) is 0 Å². The Morgan fingerprint density at radius 3 is 2.62 bits per heavy atom. The summed E-state index contributed by atoms with van der Waals surface area (Å²) in [7, 11) is -0.582. The average Bonchev–Trinajstić information content (AvgIpc) is 2.71. The lowest BCUT2D eigenvalue weighted by Gasteiger charge is -2.07. The topological polar surface area (TPSA) is 112 Å². The standard InChI is InChI=1S/C12H17N5O3S/c1-8-11(12(13)16-17(8)2)21(18,19)15-7-9-4-5-10(20-3)14-6-9/h4-6,15H,7H2,1-3H3,(H2,13,16). The van der Waals surface area contributed by atoms with Gasteiger partial charge in [-0.25, -0.2) is 18.1 Å². The number of nitrogens with two attached hydrogens (primary N) is 1. The largest absolute Gasteiger partial charge is 0.481 e. The van der Waals surface area contributed by atoms with Gasteiger partial charge in [0.15, 0.2) is 5.82 Å². The number of sulfonamides is 1. The summed E-state index contributed by atoms with van der Waals surface area (Å²) in [6.45, 7) is 1.75. The number of anilines is 1. The minimum atomic E-state index is -3.73. The molecule has 0 atom stereocenters. The van der Waals surface area contributed by atoms with Crippen LogP contribution in [-0.2, 0) is 23.6 Å². The van der Waals surface area contributed by atoms with Crippen molar-refractivity contribution in [3.8, 4) is 5.88 Å². The van der Waals surface area contributed by atoms with Gasteiger partial charge in [-0.1, -0.05) is 6.07 Å². The Hall–Kier alpha value is -2.13. The van der Waals surface area contributed by atoms with Crippen molar-refractivity contribution in [2.24, 2.45) is 7.05 Å². The predicted octanol–water partition coefficient (Wildman–Crippen LogP) is 0.193. The van der Waals surface area contributed by atoms with Gasteiger partial charge >= 0.3 is 0 Å². The maximum atomic E-state index is 12.3. The van der Waals surface area contributed by atoms with Crippen LogP contribution >= 0.6 is 0 Å². The Labute approximate surface area is 123 Å². The van der Waals surface area contributed by atoms with E-state index >= 15 is 0 Å². The SMILES string of the molecule is COc1ccc(CNS(=O)(=O)c2c(N)nn(C)c2C)cn1. The molecular weight excluding hydrogens is 294 g/mol. The lowest BCUT2D eigenvalue weighted by Crippen LogP contribution is -2.24.